The van der Waals surface area contributed by atoms with Gasteiger partial charge in [-0.1, -0.05) is 48.5 Å². The summed E-state index contributed by atoms with van der Waals surface area (Å²) in [6, 6.07) is 25.0. The van der Waals surface area contributed by atoms with E-state index in [4.69, 9.17) is 17.0 Å². The number of carbonyl (C=O) groups is 2. The molecule has 6 nitrogen and oxygen atoms in total. The molecule has 0 saturated carbocycles. The molecular weight excluding hydrogens is 446 g/mol. The number of rotatable bonds is 5. The standard InChI is InChI=1S/C27H21N3O3S/c1-33-21-13-11-20(12-14-21)30-26(32)23(25(31)28-27(30)34)15-19-17-29(16-18-7-3-2-4-8-18)24-10-6-5-9-22(19)24/h2-15,17H,16H2,1H3,(H,28,31,34)/b23-15+. The van der Waals surface area contributed by atoms with Crippen LogP contribution in [0.4, 0.5) is 5.69 Å². The minimum absolute atomic E-state index is 0.0204. The van der Waals surface area contributed by atoms with Crippen molar-refractivity contribution in [3.63, 3.8) is 0 Å². The number of hydrogen-bond acceptors (Lipinski definition) is 4. The highest BCUT2D eigenvalue weighted by molar-refractivity contribution is 7.80. The van der Waals surface area contributed by atoms with Gasteiger partial charge in [-0.25, -0.2) is 0 Å². The lowest BCUT2D eigenvalue weighted by Crippen LogP contribution is -2.54. The molecule has 0 atom stereocenters. The molecule has 0 aliphatic carbocycles. The summed E-state index contributed by atoms with van der Waals surface area (Å²) in [5.74, 6) is -0.330. The highest BCUT2D eigenvalue weighted by atomic mass is 32.1. The third-order valence-corrected chi connectivity index (χ3v) is 6.03. The van der Waals surface area contributed by atoms with Crippen molar-refractivity contribution in [2.45, 2.75) is 6.54 Å². The van der Waals surface area contributed by atoms with Crippen LogP contribution in [0.15, 0.2) is 90.6 Å². The summed E-state index contributed by atoms with van der Waals surface area (Å²) in [5, 5.41) is 3.64. The summed E-state index contributed by atoms with van der Waals surface area (Å²) < 4.78 is 7.31. The van der Waals surface area contributed by atoms with Gasteiger partial charge in [0.1, 0.15) is 11.3 Å². The van der Waals surface area contributed by atoms with Crippen molar-refractivity contribution in [1.82, 2.24) is 9.88 Å². The Hall–Kier alpha value is -4.23. The molecule has 1 N–H and O–H groups in total. The summed E-state index contributed by atoms with van der Waals surface area (Å²) in [7, 11) is 1.57. The number of nitrogens with one attached hydrogen (secondary N) is 1. The van der Waals surface area contributed by atoms with Crippen LogP contribution < -0.4 is 15.0 Å². The van der Waals surface area contributed by atoms with Crippen molar-refractivity contribution < 1.29 is 14.3 Å². The normalized spacial score (nSPS) is 15.1. The van der Waals surface area contributed by atoms with Crippen LogP contribution in [0.2, 0.25) is 0 Å². The van der Waals surface area contributed by atoms with Crippen molar-refractivity contribution in [3.8, 4) is 5.75 Å². The zero-order chi connectivity index (χ0) is 23.7. The van der Waals surface area contributed by atoms with Crippen molar-refractivity contribution in [2.24, 2.45) is 0 Å². The Morgan fingerprint density at radius 3 is 2.38 bits per heavy atom. The van der Waals surface area contributed by atoms with Gasteiger partial charge in [0.05, 0.1) is 12.8 Å². The summed E-state index contributed by atoms with van der Waals surface area (Å²) in [6.07, 6.45) is 3.61. The van der Waals surface area contributed by atoms with Crippen LogP contribution in [0, 0.1) is 0 Å². The molecule has 1 fully saturated rings. The number of nitrogens with zero attached hydrogens (tertiary/aromatic N) is 2. The maximum atomic E-state index is 13.4. The molecule has 0 bridgehead atoms. The number of carbonyl (C=O) groups excluding carboxylic acids is 2. The molecule has 168 valence electrons. The van der Waals surface area contributed by atoms with Gasteiger partial charge in [0, 0.05) is 29.2 Å². The van der Waals surface area contributed by atoms with Gasteiger partial charge in [0.15, 0.2) is 5.11 Å². The molecule has 1 aliphatic rings. The Kier molecular flexibility index (Phi) is 5.69. The zero-order valence-corrected chi connectivity index (χ0v) is 19.2. The van der Waals surface area contributed by atoms with E-state index in [1.165, 1.54) is 4.90 Å². The molecule has 2 amide bonds. The fourth-order valence-corrected chi connectivity index (χ4v) is 4.36. The summed E-state index contributed by atoms with van der Waals surface area (Å²) in [6.45, 7) is 0.673. The number of methoxy groups -OCH3 is 1. The van der Waals surface area contributed by atoms with Crippen molar-refractivity contribution in [3.05, 3.63) is 102 Å². The van der Waals surface area contributed by atoms with E-state index in [0.717, 1.165) is 22.0 Å². The monoisotopic (exact) mass is 467 g/mol. The Balaban J connectivity index is 1.55. The van der Waals surface area contributed by atoms with E-state index >= 15 is 0 Å². The highest BCUT2D eigenvalue weighted by Crippen LogP contribution is 2.28. The molecule has 1 aliphatic heterocycles. The van der Waals surface area contributed by atoms with Crippen LogP contribution in [-0.4, -0.2) is 28.6 Å². The lowest BCUT2D eigenvalue weighted by molar-refractivity contribution is -0.122. The number of amides is 2. The number of ether oxygens (including phenoxy) is 1. The SMILES string of the molecule is COc1ccc(N2C(=O)/C(=C/c3cn(Cc4ccccc4)c4ccccc34)C(=O)NC2=S)cc1. The predicted octanol–water partition coefficient (Wildman–Crippen LogP) is 4.53. The predicted molar refractivity (Wildman–Crippen MR) is 137 cm³/mol. The van der Waals surface area contributed by atoms with Crippen LogP contribution in [0.3, 0.4) is 0 Å². The summed E-state index contributed by atoms with van der Waals surface area (Å²) >= 11 is 5.31. The number of para-hydroxylation sites is 1. The van der Waals surface area contributed by atoms with E-state index in [0.29, 0.717) is 18.0 Å². The number of hydrogen-bond donors (Lipinski definition) is 1. The minimum atomic E-state index is -0.514. The van der Waals surface area contributed by atoms with Gasteiger partial charge < -0.3 is 9.30 Å². The molecule has 1 saturated heterocycles. The smallest absolute Gasteiger partial charge is 0.270 e. The molecule has 7 heteroatoms. The van der Waals surface area contributed by atoms with Crippen molar-refractivity contribution >= 4 is 51.8 Å². The van der Waals surface area contributed by atoms with E-state index in [2.05, 4.69) is 22.0 Å². The molecule has 0 radical (unpaired) electrons. The second kappa shape index (κ2) is 8.96. The van der Waals surface area contributed by atoms with E-state index in [9.17, 15) is 9.59 Å². The van der Waals surface area contributed by atoms with Crippen molar-refractivity contribution in [2.75, 3.05) is 12.0 Å². The Morgan fingerprint density at radius 1 is 0.941 bits per heavy atom. The lowest BCUT2D eigenvalue weighted by atomic mass is 10.1. The average Bonchev–Trinajstić information content (AvgIpc) is 3.20. The third kappa shape index (κ3) is 3.97. The lowest BCUT2D eigenvalue weighted by Gasteiger charge is -2.29. The molecule has 4 aromatic rings. The Labute approximate surface area is 202 Å². The number of thiocarbonyl (C=S) groups is 1. The largest absolute Gasteiger partial charge is 0.497 e. The first kappa shape index (κ1) is 21.6. The van der Waals surface area contributed by atoms with Crippen LogP contribution >= 0.6 is 12.2 Å². The molecule has 0 unspecified atom stereocenters. The second-order valence-electron chi connectivity index (χ2n) is 7.87. The second-order valence-corrected chi connectivity index (χ2v) is 8.26. The summed E-state index contributed by atoms with van der Waals surface area (Å²) in [5.41, 5.74) is 3.53. The van der Waals surface area contributed by atoms with Crippen molar-refractivity contribution in [1.29, 1.82) is 0 Å². The van der Waals surface area contributed by atoms with Gasteiger partial charge >= 0.3 is 0 Å². The quantitative estimate of drug-likeness (QED) is 0.266. The first-order valence-corrected chi connectivity index (χ1v) is 11.1. The van der Waals surface area contributed by atoms with Gasteiger partial charge in [-0.05, 0) is 54.2 Å². The molecule has 0 spiro atoms. The van der Waals surface area contributed by atoms with Crippen LogP contribution in [0.5, 0.6) is 5.75 Å². The Morgan fingerprint density at radius 2 is 1.65 bits per heavy atom. The molecule has 3 aromatic carbocycles. The fourth-order valence-electron chi connectivity index (χ4n) is 4.08. The maximum absolute atomic E-state index is 13.4. The van der Waals surface area contributed by atoms with E-state index in [-0.39, 0.29) is 10.7 Å². The van der Waals surface area contributed by atoms with E-state index in [1.54, 1.807) is 37.5 Å². The van der Waals surface area contributed by atoms with Crippen LogP contribution in [-0.2, 0) is 16.1 Å². The summed E-state index contributed by atoms with van der Waals surface area (Å²) in [4.78, 5) is 27.5. The molecule has 34 heavy (non-hydrogen) atoms. The highest BCUT2D eigenvalue weighted by Gasteiger charge is 2.34. The first-order chi connectivity index (χ1) is 16.5. The van der Waals surface area contributed by atoms with Gasteiger partial charge in [0.2, 0.25) is 0 Å². The molecule has 1 aromatic heterocycles. The van der Waals surface area contributed by atoms with E-state index < -0.39 is 11.8 Å². The van der Waals surface area contributed by atoms with Gasteiger partial charge in [-0.15, -0.1) is 0 Å². The Bertz CT molecular complexity index is 1440. The molecule has 5 rings (SSSR count). The van der Waals surface area contributed by atoms with Gasteiger partial charge in [-0.3, -0.25) is 19.8 Å². The van der Waals surface area contributed by atoms with Crippen LogP contribution in [0.1, 0.15) is 11.1 Å². The first-order valence-electron chi connectivity index (χ1n) is 10.7. The minimum Gasteiger partial charge on any atom is -0.497 e. The van der Waals surface area contributed by atoms with Gasteiger partial charge in [-0.2, -0.15) is 0 Å². The number of aromatic nitrogens is 1. The van der Waals surface area contributed by atoms with Crippen LogP contribution in [0.25, 0.3) is 17.0 Å². The number of fused-ring (bicyclic) bond motifs is 1. The molecular formula is C27H21N3O3S. The number of anilines is 1. The molecule has 2 heterocycles. The zero-order valence-electron chi connectivity index (χ0n) is 18.4. The average molecular weight is 468 g/mol. The number of benzene rings is 3. The van der Waals surface area contributed by atoms with Gasteiger partial charge in [0.25, 0.3) is 11.8 Å². The van der Waals surface area contributed by atoms with E-state index in [1.807, 2.05) is 48.7 Å². The maximum Gasteiger partial charge on any atom is 0.270 e. The third-order valence-electron chi connectivity index (χ3n) is 5.75. The fraction of sp³-hybridized carbons (Fsp3) is 0.0741. The topological polar surface area (TPSA) is 63.6 Å².